The van der Waals surface area contributed by atoms with E-state index in [0.29, 0.717) is 16.0 Å². The number of nitrogens with zero attached hydrogens (tertiary/aromatic N) is 4. The smallest absolute Gasteiger partial charge is 0.332 e. The van der Waals surface area contributed by atoms with E-state index in [4.69, 9.17) is 23.2 Å². The second-order valence-electron chi connectivity index (χ2n) is 6.37. The number of benzene rings is 1. The fraction of sp³-hybridized carbons (Fsp3) is 0.353. The summed E-state index contributed by atoms with van der Waals surface area (Å²) in [4.78, 5) is 29.4. The van der Waals surface area contributed by atoms with Crippen LogP contribution in [-0.4, -0.2) is 36.4 Å². The van der Waals surface area contributed by atoms with Crippen LogP contribution in [0.5, 0.6) is 0 Å². The van der Waals surface area contributed by atoms with E-state index in [9.17, 15) is 14.7 Å². The van der Waals surface area contributed by atoms with E-state index in [1.165, 1.54) is 11.6 Å². The molecule has 0 saturated heterocycles. The Balaban J connectivity index is 2.25. The summed E-state index contributed by atoms with van der Waals surface area (Å²) in [5.41, 5.74) is 0.316. The van der Waals surface area contributed by atoms with E-state index in [2.05, 4.69) is 10.3 Å². The van der Waals surface area contributed by atoms with Crippen LogP contribution in [-0.2, 0) is 20.6 Å². The molecule has 0 aliphatic carbocycles. The first-order valence-electron chi connectivity index (χ1n) is 8.22. The van der Waals surface area contributed by atoms with Crippen LogP contribution in [0.1, 0.15) is 12.5 Å². The summed E-state index contributed by atoms with van der Waals surface area (Å²) in [5.74, 6) is 0.357. The first-order chi connectivity index (χ1) is 12.7. The van der Waals surface area contributed by atoms with Crippen molar-refractivity contribution in [2.75, 3.05) is 11.9 Å². The lowest BCUT2D eigenvalue weighted by Crippen LogP contribution is -2.37. The molecule has 0 saturated carbocycles. The van der Waals surface area contributed by atoms with Crippen LogP contribution in [0.3, 0.4) is 0 Å². The topological polar surface area (TPSA) is 94.1 Å². The van der Waals surface area contributed by atoms with Gasteiger partial charge in [-0.05, 0) is 24.6 Å². The van der Waals surface area contributed by atoms with Crippen LogP contribution in [0.15, 0.2) is 27.8 Å². The molecule has 0 amide bonds. The third-order valence-electron chi connectivity index (χ3n) is 4.25. The molecule has 1 aromatic carbocycles. The van der Waals surface area contributed by atoms with Crippen molar-refractivity contribution in [3.05, 3.63) is 54.6 Å². The Kier molecular flexibility index (Phi) is 5.32. The Hall–Kier alpha value is -2.29. The average molecular weight is 412 g/mol. The fourth-order valence-corrected chi connectivity index (χ4v) is 3.26. The second kappa shape index (κ2) is 7.38. The van der Waals surface area contributed by atoms with Gasteiger partial charge in [0, 0.05) is 30.7 Å². The lowest BCUT2D eigenvalue weighted by molar-refractivity contribution is 0.208. The number of aryl methyl sites for hydroxylation is 1. The van der Waals surface area contributed by atoms with Gasteiger partial charge in [-0.15, -0.1) is 0 Å². The van der Waals surface area contributed by atoms with Crippen molar-refractivity contribution < 1.29 is 5.11 Å². The van der Waals surface area contributed by atoms with E-state index in [-0.39, 0.29) is 24.3 Å². The molecule has 27 heavy (non-hydrogen) atoms. The largest absolute Gasteiger partial charge is 0.392 e. The van der Waals surface area contributed by atoms with E-state index < -0.39 is 17.4 Å². The number of aromatic nitrogens is 4. The molecule has 2 aromatic heterocycles. The molecule has 0 radical (unpaired) electrons. The summed E-state index contributed by atoms with van der Waals surface area (Å²) in [5, 5.41) is 13.6. The molecule has 0 bridgehead atoms. The molecule has 144 valence electrons. The maximum Gasteiger partial charge on any atom is 0.332 e. The summed E-state index contributed by atoms with van der Waals surface area (Å²) < 4.78 is 3.99. The van der Waals surface area contributed by atoms with E-state index in [1.807, 2.05) is 0 Å². The molecular weight excluding hydrogens is 393 g/mol. The van der Waals surface area contributed by atoms with Crippen LogP contribution < -0.4 is 16.6 Å². The Bertz CT molecular complexity index is 1130. The van der Waals surface area contributed by atoms with Gasteiger partial charge < -0.3 is 10.4 Å². The Morgan fingerprint density at radius 2 is 1.93 bits per heavy atom. The molecule has 0 spiro atoms. The van der Waals surface area contributed by atoms with Gasteiger partial charge in [0.2, 0.25) is 5.95 Å². The van der Waals surface area contributed by atoms with Crippen molar-refractivity contribution in [3.8, 4) is 0 Å². The van der Waals surface area contributed by atoms with Gasteiger partial charge in [0.1, 0.15) is 0 Å². The van der Waals surface area contributed by atoms with Gasteiger partial charge in [-0.3, -0.25) is 18.5 Å². The molecule has 2 heterocycles. The summed E-state index contributed by atoms with van der Waals surface area (Å²) in [6.07, 6.45) is -0.621. The summed E-state index contributed by atoms with van der Waals surface area (Å²) in [7, 11) is 2.97. The van der Waals surface area contributed by atoms with Gasteiger partial charge >= 0.3 is 5.69 Å². The van der Waals surface area contributed by atoms with Crippen LogP contribution in [0.2, 0.25) is 10.0 Å². The minimum Gasteiger partial charge on any atom is -0.392 e. The number of imidazole rings is 1. The third kappa shape index (κ3) is 3.60. The minimum absolute atomic E-state index is 0.228. The Morgan fingerprint density at radius 3 is 2.56 bits per heavy atom. The molecular formula is C17H19Cl2N5O3. The monoisotopic (exact) mass is 411 g/mol. The zero-order valence-corrected chi connectivity index (χ0v) is 16.5. The number of hydrogen-bond donors (Lipinski definition) is 2. The third-order valence-corrected chi connectivity index (χ3v) is 4.83. The zero-order valence-electron chi connectivity index (χ0n) is 15.0. The number of fused-ring (bicyclic) bond motifs is 1. The molecule has 3 aromatic rings. The summed E-state index contributed by atoms with van der Waals surface area (Å²) in [6.45, 7) is 2.10. The van der Waals surface area contributed by atoms with Crippen LogP contribution >= 0.6 is 23.2 Å². The van der Waals surface area contributed by atoms with Crippen molar-refractivity contribution in [2.45, 2.75) is 19.6 Å². The van der Waals surface area contributed by atoms with Crippen molar-refractivity contribution in [1.29, 1.82) is 0 Å². The first kappa shape index (κ1) is 19.5. The van der Waals surface area contributed by atoms with E-state index in [0.717, 1.165) is 10.1 Å². The van der Waals surface area contributed by atoms with Gasteiger partial charge in [0.25, 0.3) is 5.56 Å². The van der Waals surface area contributed by atoms with Crippen LogP contribution in [0.25, 0.3) is 11.2 Å². The number of hydrogen-bond acceptors (Lipinski definition) is 5. The van der Waals surface area contributed by atoms with Gasteiger partial charge in [0.05, 0.1) is 12.6 Å². The number of aliphatic hydroxyl groups is 1. The SMILES string of the molecule is C[C@@H](O)CNc1nc2c(c(=O)n(C)c(=O)n2C)n1Cc1ccc(Cl)cc1Cl. The highest BCUT2D eigenvalue weighted by atomic mass is 35.5. The highest BCUT2D eigenvalue weighted by Crippen LogP contribution is 2.24. The first-order valence-corrected chi connectivity index (χ1v) is 8.98. The lowest BCUT2D eigenvalue weighted by Gasteiger charge is -2.13. The van der Waals surface area contributed by atoms with Gasteiger partial charge in [0.15, 0.2) is 11.2 Å². The number of rotatable bonds is 5. The normalized spacial score (nSPS) is 12.5. The Morgan fingerprint density at radius 1 is 1.22 bits per heavy atom. The van der Waals surface area contributed by atoms with Gasteiger partial charge in [-0.1, -0.05) is 29.3 Å². The molecule has 0 fully saturated rings. The minimum atomic E-state index is -0.621. The molecule has 8 nitrogen and oxygen atoms in total. The van der Waals surface area contributed by atoms with Crippen LogP contribution in [0.4, 0.5) is 5.95 Å². The average Bonchev–Trinajstić information content (AvgIpc) is 2.97. The predicted molar refractivity (Wildman–Crippen MR) is 106 cm³/mol. The van der Waals surface area contributed by atoms with Crippen molar-refractivity contribution >= 4 is 40.3 Å². The molecule has 10 heteroatoms. The number of anilines is 1. The molecule has 3 rings (SSSR count). The number of halogens is 2. The summed E-state index contributed by atoms with van der Waals surface area (Å²) in [6, 6.07) is 5.09. The standard InChI is InChI=1S/C17H19Cl2N5O3/c1-9(25)7-20-16-21-14-13(15(26)23(3)17(27)22(14)2)24(16)8-10-4-5-11(18)6-12(10)19/h4-6,9,25H,7-8H2,1-3H3,(H,20,21)/t9-/m1/s1. The highest BCUT2D eigenvalue weighted by molar-refractivity contribution is 6.35. The maximum absolute atomic E-state index is 12.8. The molecule has 1 atom stereocenters. The molecule has 0 aliphatic rings. The predicted octanol–water partition coefficient (Wildman–Crippen LogP) is 1.58. The van der Waals surface area contributed by atoms with Gasteiger partial charge in [-0.25, -0.2) is 4.79 Å². The Labute approximate surface area is 164 Å². The van der Waals surface area contributed by atoms with Crippen LogP contribution in [0, 0.1) is 0 Å². The second-order valence-corrected chi connectivity index (χ2v) is 7.21. The van der Waals surface area contributed by atoms with Crippen molar-refractivity contribution in [2.24, 2.45) is 14.1 Å². The fourth-order valence-electron chi connectivity index (χ4n) is 2.79. The summed E-state index contributed by atoms with van der Waals surface area (Å²) >= 11 is 12.2. The molecule has 0 unspecified atom stereocenters. The molecule has 0 aliphatic heterocycles. The van der Waals surface area contributed by atoms with E-state index in [1.54, 1.807) is 36.7 Å². The van der Waals surface area contributed by atoms with Crippen molar-refractivity contribution in [1.82, 2.24) is 18.7 Å². The molecule has 2 N–H and O–H groups in total. The maximum atomic E-state index is 12.8. The number of aliphatic hydroxyl groups excluding tert-OH is 1. The lowest BCUT2D eigenvalue weighted by atomic mass is 10.2. The highest BCUT2D eigenvalue weighted by Gasteiger charge is 2.20. The number of nitrogens with one attached hydrogen (secondary N) is 1. The van der Waals surface area contributed by atoms with Gasteiger partial charge in [-0.2, -0.15) is 4.98 Å². The quantitative estimate of drug-likeness (QED) is 0.664. The van der Waals surface area contributed by atoms with Crippen molar-refractivity contribution in [3.63, 3.8) is 0 Å². The van der Waals surface area contributed by atoms with E-state index >= 15 is 0 Å². The zero-order chi connectivity index (χ0) is 19.9.